The Kier molecular flexibility index (Phi) is 5.18. The molecule has 1 fully saturated rings. The smallest absolute Gasteiger partial charge is 0.236 e. The van der Waals surface area contributed by atoms with Gasteiger partial charge in [0.15, 0.2) is 5.82 Å². The fourth-order valence-electron chi connectivity index (χ4n) is 2.72. The number of aromatic nitrogens is 2. The van der Waals surface area contributed by atoms with E-state index < -0.39 is 0 Å². The maximum absolute atomic E-state index is 12.9. The molecule has 1 aliphatic rings. The third-order valence-electron chi connectivity index (χ3n) is 4.01. The molecule has 24 heavy (non-hydrogen) atoms. The molecular weight excluding hydrogens is 329 g/mol. The van der Waals surface area contributed by atoms with Crippen molar-refractivity contribution >= 4 is 17.7 Å². The number of hydrogen-bond acceptors (Lipinski definition) is 5. The number of amides is 1. The van der Waals surface area contributed by atoms with Gasteiger partial charge in [-0.2, -0.15) is 4.98 Å². The second-order valence-corrected chi connectivity index (χ2v) is 7.31. The van der Waals surface area contributed by atoms with Crippen LogP contribution >= 0.6 is 11.8 Å². The Morgan fingerprint density at radius 2 is 2.12 bits per heavy atom. The molecule has 7 heteroatoms. The number of halogens is 1. The minimum absolute atomic E-state index is 0.0279. The molecule has 1 saturated heterocycles. The number of likely N-dealkylation sites (tertiary alicyclic amines) is 1. The second kappa shape index (κ2) is 7.34. The van der Waals surface area contributed by atoms with Gasteiger partial charge in [0.2, 0.25) is 11.8 Å². The van der Waals surface area contributed by atoms with E-state index in [1.165, 1.54) is 12.1 Å². The topological polar surface area (TPSA) is 59.2 Å². The summed E-state index contributed by atoms with van der Waals surface area (Å²) >= 11 is 1.55. The van der Waals surface area contributed by atoms with E-state index in [4.69, 9.17) is 4.52 Å². The van der Waals surface area contributed by atoms with E-state index in [0.717, 1.165) is 18.5 Å². The molecule has 5 nitrogen and oxygen atoms in total. The molecule has 1 amide bonds. The van der Waals surface area contributed by atoms with Gasteiger partial charge in [-0.15, -0.1) is 11.8 Å². The van der Waals surface area contributed by atoms with Crippen LogP contribution in [0.3, 0.4) is 0 Å². The van der Waals surface area contributed by atoms with Crippen LogP contribution < -0.4 is 0 Å². The number of thioether (sulfide) groups is 1. The highest BCUT2D eigenvalue weighted by Crippen LogP contribution is 2.27. The Labute approximate surface area is 144 Å². The first-order valence-electron chi connectivity index (χ1n) is 8.01. The summed E-state index contributed by atoms with van der Waals surface area (Å²) in [6.07, 6.45) is 1.36. The maximum atomic E-state index is 12.9. The molecule has 0 aliphatic carbocycles. The standard InChI is InChI=1S/C17H20FN3O2S/c1-11(2)21-8-7-14(17(21)22)24-10-16-19-15(20-23-16)9-12-3-5-13(18)6-4-12/h3-6,11,14H,7-10H2,1-2H3/t14-/m0/s1. The Morgan fingerprint density at radius 1 is 1.38 bits per heavy atom. The number of carbonyl (C=O) groups excluding carboxylic acids is 1. The second-order valence-electron chi connectivity index (χ2n) is 6.12. The monoisotopic (exact) mass is 349 g/mol. The normalized spacial score (nSPS) is 17.9. The molecule has 0 bridgehead atoms. The third kappa shape index (κ3) is 3.95. The van der Waals surface area contributed by atoms with E-state index in [9.17, 15) is 9.18 Å². The molecule has 1 aliphatic heterocycles. The molecule has 1 aromatic heterocycles. The number of nitrogens with zero attached hydrogens (tertiary/aromatic N) is 3. The SMILES string of the molecule is CC(C)N1CC[C@H](SCc2nc(Cc3ccc(F)cc3)no2)C1=O. The molecule has 0 N–H and O–H groups in total. The largest absolute Gasteiger partial charge is 0.339 e. The van der Waals surface area contributed by atoms with Crippen molar-refractivity contribution in [3.05, 3.63) is 47.4 Å². The molecule has 3 rings (SSSR count). The summed E-state index contributed by atoms with van der Waals surface area (Å²) in [5, 5.41) is 3.92. The van der Waals surface area contributed by atoms with E-state index in [-0.39, 0.29) is 23.0 Å². The fraction of sp³-hybridized carbons (Fsp3) is 0.471. The van der Waals surface area contributed by atoms with Crippen LogP contribution in [0, 0.1) is 5.82 Å². The van der Waals surface area contributed by atoms with Crippen LogP contribution in [0.15, 0.2) is 28.8 Å². The first kappa shape index (κ1) is 17.0. The van der Waals surface area contributed by atoms with Crippen molar-refractivity contribution in [3.8, 4) is 0 Å². The summed E-state index contributed by atoms with van der Waals surface area (Å²) in [4.78, 5) is 18.5. The molecule has 0 radical (unpaired) electrons. The lowest BCUT2D eigenvalue weighted by atomic mass is 10.1. The van der Waals surface area contributed by atoms with Crippen molar-refractivity contribution in [2.45, 2.75) is 43.7 Å². The van der Waals surface area contributed by atoms with Crippen molar-refractivity contribution in [2.24, 2.45) is 0 Å². The minimum Gasteiger partial charge on any atom is -0.339 e. The van der Waals surface area contributed by atoms with Gasteiger partial charge in [0, 0.05) is 19.0 Å². The Hall–Kier alpha value is -1.89. The summed E-state index contributed by atoms with van der Waals surface area (Å²) in [6.45, 7) is 4.88. The van der Waals surface area contributed by atoms with Crippen LogP contribution in [0.1, 0.15) is 37.5 Å². The molecule has 2 aromatic rings. The van der Waals surface area contributed by atoms with Crippen LogP contribution in [0.5, 0.6) is 0 Å². The average molecular weight is 349 g/mol. The Balaban J connectivity index is 1.53. The summed E-state index contributed by atoms with van der Waals surface area (Å²) in [5.74, 6) is 1.55. The first-order valence-corrected chi connectivity index (χ1v) is 9.06. The highest BCUT2D eigenvalue weighted by atomic mass is 32.2. The first-order chi connectivity index (χ1) is 11.5. The zero-order valence-electron chi connectivity index (χ0n) is 13.7. The third-order valence-corrected chi connectivity index (χ3v) is 5.26. The van der Waals surface area contributed by atoms with Crippen LogP contribution in [-0.4, -0.2) is 38.8 Å². The minimum atomic E-state index is -0.263. The lowest BCUT2D eigenvalue weighted by molar-refractivity contribution is -0.128. The molecular formula is C17H20FN3O2S. The van der Waals surface area contributed by atoms with Gasteiger partial charge >= 0.3 is 0 Å². The number of carbonyl (C=O) groups is 1. The van der Waals surface area contributed by atoms with Crippen molar-refractivity contribution in [1.29, 1.82) is 0 Å². The van der Waals surface area contributed by atoms with Crippen molar-refractivity contribution < 1.29 is 13.7 Å². The van der Waals surface area contributed by atoms with E-state index >= 15 is 0 Å². The van der Waals surface area contributed by atoms with E-state index in [1.807, 2.05) is 18.7 Å². The van der Waals surface area contributed by atoms with Gasteiger partial charge < -0.3 is 9.42 Å². The van der Waals surface area contributed by atoms with E-state index in [2.05, 4.69) is 10.1 Å². The van der Waals surface area contributed by atoms with Gasteiger partial charge in [-0.25, -0.2) is 4.39 Å². The Morgan fingerprint density at radius 3 is 2.79 bits per heavy atom. The van der Waals surface area contributed by atoms with Gasteiger partial charge in [-0.3, -0.25) is 4.79 Å². The van der Waals surface area contributed by atoms with Crippen molar-refractivity contribution in [2.75, 3.05) is 6.54 Å². The zero-order chi connectivity index (χ0) is 17.1. The van der Waals surface area contributed by atoms with Gasteiger partial charge in [0.25, 0.3) is 0 Å². The predicted molar refractivity (Wildman–Crippen MR) is 90.1 cm³/mol. The van der Waals surface area contributed by atoms with Crippen LogP contribution in [0.2, 0.25) is 0 Å². The van der Waals surface area contributed by atoms with Crippen LogP contribution in [-0.2, 0) is 17.0 Å². The van der Waals surface area contributed by atoms with E-state index in [1.54, 1.807) is 23.9 Å². The molecule has 2 heterocycles. The number of rotatable bonds is 6. The van der Waals surface area contributed by atoms with Gasteiger partial charge in [0.05, 0.1) is 11.0 Å². The highest BCUT2D eigenvalue weighted by Gasteiger charge is 2.33. The molecule has 0 spiro atoms. The lowest BCUT2D eigenvalue weighted by Gasteiger charge is -2.20. The van der Waals surface area contributed by atoms with Crippen molar-refractivity contribution in [3.63, 3.8) is 0 Å². The summed E-state index contributed by atoms with van der Waals surface area (Å²) < 4.78 is 18.2. The number of benzene rings is 1. The van der Waals surface area contributed by atoms with Crippen molar-refractivity contribution in [1.82, 2.24) is 15.0 Å². The van der Waals surface area contributed by atoms with Crippen LogP contribution in [0.25, 0.3) is 0 Å². The summed E-state index contributed by atoms with van der Waals surface area (Å²) in [7, 11) is 0. The zero-order valence-corrected chi connectivity index (χ0v) is 14.6. The van der Waals surface area contributed by atoms with Crippen LogP contribution in [0.4, 0.5) is 4.39 Å². The molecule has 1 aromatic carbocycles. The fourth-order valence-corrected chi connectivity index (χ4v) is 3.73. The quantitative estimate of drug-likeness (QED) is 0.802. The lowest BCUT2D eigenvalue weighted by Crippen LogP contribution is -2.34. The van der Waals surface area contributed by atoms with Gasteiger partial charge in [-0.1, -0.05) is 17.3 Å². The molecule has 0 unspecified atom stereocenters. The van der Waals surface area contributed by atoms with Gasteiger partial charge in [-0.05, 0) is 38.0 Å². The molecule has 0 saturated carbocycles. The average Bonchev–Trinajstić information content (AvgIpc) is 3.14. The van der Waals surface area contributed by atoms with E-state index in [0.29, 0.717) is 23.9 Å². The maximum Gasteiger partial charge on any atom is 0.236 e. The van der Waals surface area contributed by atoms with Gasteiger partial charge in [0.1, 0.15) is 5.82 Å². The summed E-state index contributed by atoms with van der Waals surface area (Å²) in [6, 6.07) is 6.49. The summed E-state index contributed by atoms with van der Waals surface area (Å²) in [5.41, 5.74) is 0.926. The number of hydrogen-bond donors (Lipinski definition) is 0. The highest BCUT2D eigenvalue weighted by molar-refractivity contribution is 7.99. The molecule has 128 valence electrons. The molecule has 1 atom stereocenters. The predicted octanol–water partition coefficient (Wildman–Crippen LogP) is 3.04. The Bertz CT molecular complexity index is 702.